The summed E-state index contributed by atoms with van der Waals surface area (Å²) in [4.78, 5) is 2.68. The molecule has 0 aliphatic heterocycles. The van der Waals surface area contributed by atoms with E-state index in [1.165, 1.54) is 43.2 Å². The molecule has 0 radical (unpaired) electrons. The molecule has 2 N–H and O–H groups in total. The van der Waals surface area contributed by atoms with Crippen molar-refractivity contribution in [3.8, 4) is 0 Å². The van der Waals surface area contributed by atoms with Gasteiger partial charge < -0.3 is 5.73 Å². The maximum Gasteiger partial charge on any atom is 0.0501 e. The summed E-state index contributed by atoms with van der Waals surface area (Å²) in [5.41, 5.74) is 9.27. The molecule has 1 aromatic rings. The second-order valence-corrected chi connectivity index (χ2v) is 6.55. The van der Waals surface area contributed by atoms with Crippen LogP contribution in [0.3, 0.4) is 0 Å². The molecule has 1 aromatic carbocycles. The zero-order valence-corrected chi connectivity index (χ0v) is 14.0. The third kappa shape index (κ3) is 4.08. The van der Waals surface area contributed by atoms with E-state index in [4.69, 9.17) is 5.73 Å². The Hall–Kier alpha value is -0.860. The average molecular weight is 288 g/mol. The summed E-state index contributed by atoms with van der Waals surface area (Å²) < 4.78 is 0. The van der Waals surface area contributed by atoms with Gasteiger partial charge in [-0.3, -0.25) is 4.90 Å². The van der Waals surface area contributed by atoms with E-state index in [0.717, 1.165) is 13.0 Å². The minimum absolute atomic E-state index is 0.216. The van der Waals surface area contributed by atoms with Crippen molar-refractivity contribution >= 4 is 0 Å². The van der Waals surface area contributed by atoms with Crippen LogP contribution in [0.5, 0.6) is 0 Å². The lowest BCUT2D eigenvalue weighted by Crippen LogP contribution is -2.46. The first kappa shape index (κ1) is 16.5. The lowest BCUT2D eigenvalue weighted by molar-refractivity contribution is 0.0931. The van der Waals surface area contributed by atoms with Crippen LogP contribution in [0.4, 0.5) is 0 Å². The first-order valence-electron chi connectivity index (χ1n) is 8.75. The molecule has 0 heterocycles. The van der Waals surface area contributed by atoms with Crippen molar-refractivity contribution in [3.05, 3.63) is 35.4 Å². The predicted molar refractivity (Wildman–Crippen MR) is 91.4 cm³/mol. The number of likely N-dealkylation sites (N-methyl/N-ethyl adjacent to an activating group) is 1. The fraction of sp³-hybridized carbons (Fsp3) is 0.684. The highest BCUT2D eigenvalue weighted by atomic mass is 15.2. The second kappa shape index (κ2) is 7.95. The van der Waals surface area contributed by atoms with Gasteiger partial charge in [0.05, 0.1) is 6.04 Å². The highest BCUT2D eigenvalue weighted by molar-refractivity contribution is 5.26. The van der Waals surface area contributed by atoms with E-state index in [-0.39, 0.29) is 6.04 Å². The number of nitrogens with zero attached hydrogens (tertiary/aromatic N) is 1. The minimum Gasteiger partial charge on any atom is -0.326 e. The maximum absolute atomic E-state index is 6.54. The van der Waals surface area contributed by atoms with Crippen LogP contribution in [0.15, 0.2) is 24.3 Å². The lowest BCUT2D eigenvalue weighted by Gasteiger charge is -2.42. The fourth-order valence-corrected chi connectivity index (χ4v) is 3.86. The fourth-order valence-electron chi connectivity index (χ4n) is 3.86. The van der Waals surface area contributed by atoms with Crippen molar-refractivity contribution < 1.29 is 0 Å². The Morgan fingerprint density at radius 2 is 1.90 bits per heavy atom. The summed E-state index contributed by atoms with van der Waals surface area (Å²) >= 11 is 0. The van der Waals surface area contributed by atoms with E-state index in [1.807, 2.05) is 0 Å². The first-order valence-corrected chi connectivity index (χ1v) is 8.75. The van der Waals surface area contributed by atoms with E-state index < -0.39 is 0 Å². The highest BCUT2D eigenvalue weighted by Gasteiger charge is 2.30. The average Bonchev–Trinajstić information content (AvgIpc) is 2.52. The van der Waals surface area contributed by atoms with Crippen molar-refractivity contribution in [2.24, 2.45) is 5.73 Å². The normalized spacial score (nSPS) is 19.7. The van der Waals surface area contributed by atoms with Gasteiger partial charge in [-0.1, -0.05) is 62.9 Å². The summed E-state index contributed by atoms with van der Waals surface area (Å²) in [6.07, 6.45) is 7.87. The molecule has 2 nitrogen and oxygen atoms in total. The van der Waals surface area contributed by atoms with E-state index in [1.54, 1.807) is 0 Å². The molecule has 1 saturated carbocycles. The molecule has 1 aliphatic rings. The summed E-state index contributed by atoms with van der Waals surface area (Å²) in [6.45, 7) is 7.77. The minimum atomic E-state index is 0.216. The van der Waals surface area contributed by atoms with Gasteiger partial charge in [0.25, 0.3) is 0 Å². The number of benzene rings is 1. The van der Waals surface area contributed by atoms with E-state index in [2.05, 4.69) is 49.9 Å². The third-order valence-corrected chi connectivity index (χ3v) is 5.03. The molecular formula is C19H32N2. The van der Waals surface area contributed by atoms with Crippen LogP contribution in [-0.2, 0) is 0 Å². The Balaban J connectivity index is 2.28. The Bertz CT molecular complexity index is 423. The number of aryl methyl sites for hydroxylation is 1. The van der Waals surface area contributed by atoms with Crippen molar-refractivity contribution in [3.63, 3.8) is 0 Å². The van der Waals surface area contributed by atoms with E-state index >= 15 is 0 Å². The van der Waals surface area contributed by atoms with Crippen LogP contribution in [0.2, 0.25) is 0 Å². The summed E-state index contributed by atoms with van der Waals surface area (Å²) in [5.74, 6) is 0. The topological polar surface area (TPSA) is 29.3 Å². The number of rotatable bonds is 6. The van der Waals surface area contributed by atoms with Crippen molar-refractivity contribution in [2.75, 3.05) is 6.54 Å². The summed E-state index contributed by atoms with van der Waals surface area (Å²) in [7, 11) is 0. The molecule has 0 saturated heterocycles. The van der Waals surface area contributed by atoms with Gasteiger partial charge in [0.2, 0.25) is 0 Å². The largest absolute Gasteiger partial charge is 0.326 e. The number of hydrogen-bond acceptors (Lipinski definition) is 2. The summed E-state index contributed by atoms with van der Waals surface area (Å²) in [5, 5.41) is 0. The van der Waals surface area contributed by atoms with Gasteiger partial charge >= 0.3 is 0 Å². The molecule has 0 spiro atoms. The smallest absolute Gasteiger partial charge is 0.0501 e. The first-order chi connectivity index (χ1) is 10.2. The van der Waals surface area contributed by atoms with Gasteiger partial charge in [-0.15, -0.1) is 0 Å². The molecule has 2 heteroatoms. The van der Waals surface area contributed by atoms with Crippen molar-refractivity contribution in [1.29, 1.82) is 0 Å². The predicted octanol–water partition coefficient (Wildman–Crippen LogP) is 4.43. The van der Waals surface area contributed by atoms with Gasteiger partial charge in [0.1, 0.15) is 0 Å². The van der Waals surface area contributed by atoms with Gasteiger partial charge in [-0.25, -0.2) is 0 Å². The highest BCUT2D eigenvalue weighted by Crippen LogP contribution is 2.32. The van der Waals surface area contributed by atoms with Crippen molar-refractivity contribution in [1.82, 2.24) is 4.90 Å². The molecular weight excluding hydrogens is 256 g/mol. The Morgan fingerprint density at radius 3 is 2.48 bits per heavy atom. The molecule has 2 rings (SSSR count). The zero-order valence-electron chi connectivity index (χ0n) is 14.0. The zero-order chi connectivity index (χ0) is 15.2. The van der Waals surface area contributed by atoms with Crippen LogP contribution in [-0.4, -0.2) is 23.5 Å². The molecule has 0 bridgehead atoms. The van der Waals surface area contributed by atoms with Crippen LogP contribution in [0, 0.1) is 6.92 Å². The van der Waals surface area contributed by atoms with Crippen LogP contribution < -0.4 is 5.73 Å². The maximum atomic E-state index is 6.54. The number of hydrogen-bond donors (Lipinski definition) is 1. The monoisotopic (exact) mass is 288 g/mol. The SMILES string of the molecule is CCC(N)C(c1cccc(C)c1)N(CC)C1CCCCC1. The molecule has 0 aromatic heterocycles. The summed E-state index contributed by atoms with van der Waals surface area (Å²) in [6, 6.07) is 10.2. The number of nitrogens with two attached hydrogens (primary N) is 1. The molecule has 118 valence electrons. The Labute approximate surface area is 130 Å². The van der Waals surface area contributed by atoms with Crippen LogP contribution in [0.1, 0.15) is 69.5 Å². The lowest BCUT2D eigenvalue weighted by atomic mass is 9.89. The second-order valence-electron chi connectivity index (χ2n) is 6.55. The van der Waals surface area contributed by atoms with Crippen LogP contribution >= 0.6 is 0 Å². The molecule has 21 heavy (non-hydrogen) atoms. The Morgan fingerprint density at radius 1 is 1.19 bits per heavy atom. The Kier molecular flexibility index (Phi) is 6.25. The van der Waals surface area contributed by atoms with Gasteiger partial charge in [-0.2, -0.15) is 0 Å². The third-order valence-electron chi connectivity index (χ3n) is 5.03. The molecule has 0 amide bonds. The van der Waals surface area contributed by atoms with E-state index in [0.29, 0.717) is 12.1 Å². The molecule has 1 fully saturated rings. The standard InChI is InChI=1S/C19H32N2/c1-4-18(20)19(16-11-9-10-15(3)14-16)21(5-2)17-12-7-6-8-13-17/h9-11,14,17-19H,4-8,12-13,20H2,1-3H3. The molecule has 1 aliphatic carbocycles. The van der Waals surface area contributed by atoms with Gasteiger partial charge in [0.15, 0.2) is 0 Å². The molecule has 2 atom stereocenters. The quantitative estimate of drug-likeness (QED) is 0.839. The van der Waals surface area contributed by atoms with Crippen molar-refractivity contribution in [2.45, 2.75) is 77.4 Å². The van der Waals surface area contributed by atoms with Crippen LogP contribution in [0.25, 0.3) is 0 Å². The molecule has 2 unspecified atom stereocenters. The van der Waals surface area contributed by atoms with E-state index in [9.17, 15) is 0 Å². The van der Waals surface area contributed by atoms with Gasteiger partial charge in [-0.05, 0) is 38.3 Å². The van der Waals surface area contributed by atoms with Gasteiger partial charge in [0, 0.05) is 12.1 Å².